The Morgan fingerprint density at radius 3 is 2.92 bits per heavy atom. The van der Waals surface area contributed by atoms with Crippen LogP contribution in [0.2, 0.25) is 0 Å². The van der Waals surface area contributed by atoms with Crippen molar-refractivity contribution in [2.24, 2.45) is 5.92 Å². The third kappa shape index (κ3) is 2.50. The summed E-state index contributed by atoms with van der Waals surface area (Å²) in [6.45, 7) is 6.26. The number of hydrogen-bond donors (Lipinski definition) is 0. The lowest BCUT2D eigenvalue weighted by molar-refractivity contribution is -0.132. The Labute approximate surface area is 74.9 Å². The highest BCUT2D eigenvalue weighted by atomic mass is 16.2. The van der Waals surface area contributed by atoms with Crippen LogP contribution in [-0.4, -0.2) is 23.9 Å². The van der Waals surface area contributed by atoms with Gasteiger partial charge in [-0.1, -0.05) is 13.8 Å². The molecule has 1 amide bonds. The van der Waals surface area contributed by atoms with Gasteiger partial charge >= 0.3 is 0 Å². The molecule has 1 aliphatic rings. The van der Waals surface area contributed by atoms with E-state index in [1.165, 1.54) is 12.8 Å². The lowest BCUT2D eigenvalue weighted by atomic mass is 10.00. The van der Waals surface area contributed by atoms with Crippen molar-refractivity contribution in [1.29, 1.82) is 0 Å². The molecule has 0 aromatic carbocycles. The minimum atomic E-state index is 0.351. The largest absolute Gasteiger partial charge is 0.342 e. The quantitative estimate of drug-likeness (QED) is 0.619. The van der Waals surface area contributed by atoms with Crippen LogP contribution in [0.5, 0.6) is 0 Å². The van der Waals surface area contributed by atoms with Crippen molar-refractivity contribution < 1.29 is 4.79 Å². The molecule has 0 radical (unpaired) electrons. The van der Waals surface area contributed by atoms with Crippen molar-refractivity contribution in [2.45, 2.75) is 39.5 Å². The molecule has 1 aliphatic heterocycles. The van der Waals surface area contributed by atoms with Gasteiger partial charge in [0.05, 0.1) is 0 Å². The predicted octanol–water partition coefficient (Wildman–Crippen LogP) is 2.04. The normalized spacial score (nSPS) is 24.2. The molecular weight excluding hydrogens is 150 g/mol. The molecule has 0 spiro atoms. The van der Waals surface area contributed by atoms with Crippen molar-refractivity contribution in [3.05, 3.63) is 0 Å². The summed E-state index contributed by atoms with van der Waals surface area (Å²) < 4.78 is 0. The van der Waals surface area contributed by atoms with Crippen LogP contribution >= 0.6 is 0 Å². The van der Waals surface area contributed by atoms with E-state index in [1.54, 1.807) is 0 Å². The van der Waals surface area contributed by atoms with E-state index in [0.29, 0.717) is 11.8 Å². The maximum atomic E-state index is 11.5. The number of likely N-dealkylation sites (tertiary alicyclic amines) is 1. The SMILES string of the molecule is CCCC(=O)N1CCCC(C)C1. The van der Waals surface area contributed by atoms with Crippen molar-refractivity contribution in [3.8, 4) is 0 Å². The molecule has 1 unspecified atom stereocenters. The van der Waals surface area contributed by atoms with E-state index in [-0.39, 0.29) is 0 Å². The van der Waals surface area contributed by atoms with Crippen molar-refractivity contribution >= 4 is 5.91 Å². The summed E-state index contributed by atoms with van der Waals surface area (Å²) in [4.78, 5) is 13.5. The molecule has 1 atom stereocenters. The molecule has 2 heteroatoms. The Balaban J connectivity index is 2.35. The molecular formula is C10H19NO. The molecule has 0 N–H and O–H groups in total. The van der Waals surface area contributed by atoms with E-state index in [9.17, 15) is 4.79 Å². The molecule has 0 aromatic heterocycles. The zero-order chi connectivity index (χ0) is 8.97. The summed E-state index contributed by atoms with van der Waals surface area (Å²) in [6.07, 6.45) is 4.18. The highest BCUT2D eigenvalue weighted by molar-refractivity contribution is 5.76. The van der Waals surface area contributed by atoms with E-state index in [0.717, 1.165) is 25.9 Å². The highest BCUT2D eigenvalue weighted by Crippen LogP contribution is 2.16. The van der Waals surface area contributed by atoms with Gasteiger partial charge in [-0.15, -0.1) is 0 Å². The standard InChI is InChI=1S/C10H19NO/c1-3-5-10(12)11-7-4-6-9(2)8-11/h9H,3-8H2,1-2H3. The van der Waals surface area contributed by atoms with E-state index in [2.05, 4.69) is 13.8 Å². The van der Waals surface area contributed by atoms with Gasteiger partial charge < -0.3 is 4.90 Å². The van der Waals surface area contributed by atoms with Crippen LogP contribution in [0.25, 0.3) is 0 Å². The first-order valence-corrected chi connectivity index (χ1v) is 5.01. The van der Waals surface area contributed by atoms with E-state index in [4.69, 9.17) is 0 Å². The van der Waals surface area contributed by atoms with Crippen LogP contribution in [0, 0.1) is 5.92 Å². The van der Waals surface area contributed by atoms with Gasteiger partial charge in [-0.25, -0.2) is 0 Å². The first-order valence-electron chi connectivity index (χ1n) is 5.01. The van der Waals surface area contributed by atoms with Gasteiger partial charge in [0.15, 0.2) is 0 Å². The number of nitrogens with zero attached hydrogens (tertiary/aromatic N) is 1. The third-order valence-electron chi connectivity index (χ3n) is 2.47. The Bertz CT molecular complexity index is 156. The Hall–Kier alpha value is -0.530. The lowest BCUT2D eigenvalue weighted by Crippen LogP contribution is -2.38. The topological polar surface area (TPSA) is 20.3 Å². The minimum absolute atomic E-state index is 0.351. The van der Waals surface area contributed by atoms with Gasteiger partial charge in [-0.05, 0) is 25.2 Å². The van der Waals surface area contributed by atoms with Crippen molar-refractivity contribution in [1.82, 2.24) is 4.90 Å². The van der Waals surface area contributed by atoms with Crippen LogP contribution in [0.4, 0.5) is 0 Å². The second-order valence-corrected chi connectivity index (χ2v) is 3.84. The Kier molecular flexibility index (Phi) is 3.57. The molecule has 0 aliphatic carbocycles. The maximum absolute atomic E-state index is 11.5. The second-order valence-electron chi connectivity index (χ2n) is 3.84. The minimum Gasteiger partial charge on any atom is -0.342 e. The smallest absolute Gasteiger partial charge is 0.222 e. The van der Waals surface area contributed by atoms with Crippen LogP contribution in [0.3, 0.4) is 0 Å². The van der Waals surface area contributed by atoms with Gasteiger partial charge in [0.2, 0.25) is 5.91 Å². The van der Waals surface area contributed by atoms with Gasteiger partial charge in [0.25, 0.3) is 0 Å². The maximum Gasteiger partial charge on any atom is 0.222 e. The average molecular weight is 169 g/mol. The van der Waals surface area contributed by atoms with E-state index >= 15 is 0 Å². The van der Waals surface area contributed by atoms with Crippen LogP contribution in [0.15, 0.2) is 0 Å². The van der Waals surface area contributed by atoms with E-state index in [1.807, 2.05) is 4.90 Å². The molecule has 12 heavy (non-hydrogen) atoms. The summed E-state index contributed by atoms with van der Waals surface area (Å²) in [5.41, 5.74) is 0. The fraction of sp³-hybridized carbons (Fsp3) is 0.900. The van der Waals surface area contributed by atoms with Crippen LogP contribution in [0.1, 0.15) is 39.5 Å². The fourth-order valence-electron chi connectivity index (χ4n) is 1.79. The van der Waals surface area contributed by atoms with Crippen molar-refractivity contribution in [2.75, 3.05) is 13.1 Å². The fourth-order valence-corrected chi connectivity index (χ4v) is 1.79. The van der Waals surface area contributed by atoms with E-state index < -0.39 is 0 Å². The van der Waals surface area contributed by atoms with Crippen molar-refractivity contribution in [3.63, 3.8) is 0 Å². The first kappa shape index (κ1) is 9.56. The second kappa shape index (κ2) is 4.48. The average Bonchev–Trinajstić information content (AvgIpc) is 2.05. The molecule has 0 bridgehead atoms. The Morgan fingerprint density at radius 1 is 1.58 bits per heavy atom. The molecule has 70 valence electrons. The van der Waals surface area contributed by atoms with Gasteiger partial charge in [0.1, 0.15) is 0 Å². The summed E-state index contributed by atoms with van der Waals surface area (Å²) >= 11 is 0. The Morgan fingerprint density at radius 2 is 2.33 bits per heavy atom. The number of amides is 1. The van der Waals surface area contributed by atoms with Crippen LogP contribution in [-0.2, 0) is 4.79 Å². The molecule has 1 saturated heterocycles. The molecule has 1 fully saturated rings. The summed E-state index contributed by atoms with van der Waals surface area (Å²) in [5, 5.41) is 0. The summed E-state index contributed by atoms with van der Waals surface area (Å²) in [7, 11) is 0. The monoisotopic (exact) mass is 169 g/mol. The summed E-state index contributed by atoms with van der Waals surface area (Å²) in [6, 6.07) is 0. The highest BCUT2D eigenvalue weighted by Gasteiger charge is 2.19. The summed E-state index contributed by atoms with van der Waals surface area (Å²) in [5.74, 6) is 1.06. The number of piperidine rings is 1. The number of carbonyl (C=O) groups is 1. The molecule has 1 rings (SSSR count). The lowest BCUT2D eigenvalue weighted by Gasteiger charge is -2.30. The molecule has 0 aromatic rings. The molecule has 1 heterocycles. The zero-order valence-corrected chi connectivity index (χ0v) is 8.18. The zero-order valence-electron chi connectivity index (χ0n) is 8.18. The molecule has 0 saturated carbocycles. The van der Waals surface area contributed by atoms with Gasteiger partial charge in [0, 0.05) is 19.5 Å². The first-order chi connectivity index (χ1) is 5.74. The molecule has 2 nitrogen and oxygen atoms in total. The van der Waals surface area contributed by atoms with Gasteiger partial charge in [-0.2, -0.15) is 0 Å². The number of rotatable bonds is 2. The van der Waals surface area contributed by atoms with Gasteiger partial charge in [-0.3, -0.25) is 4.79 Å². The third-order valence-corrected chi connectivity index (χ3v) is 2.47. The van der Waals surface area contributed by atoms with Crippen LogP contribution < -0.4 is 0 Å². The number of hydrogen-bond acceptors (Lipinski definition) is 1. The predicted molar refractivity (Wildman–Crippen MR) is 49.9 cm³/mol. The number of carbonyl (C=O) groups excluding carboxylic acids is 1.